The number of hydrogen-bond acceptors (Lipinski definition) is 0. The van der Waals surface area contributed by atoms with Gasteiger partial charge in [-0.3, -0.25) is 0 Å². The molecular formula is H9AlCrFeMgSiZr. The van der Waals surface area contributed by atoms with E-state index >= 15 is 0 Å². The molecule has 6 heavy (non-hydrogen) atoms. The molecule has 0 heterocycles. The summed E-state index contributed by atoms with van der Waals surface area (Å²) in [7, 11) is 0. The summed E-state index contributed by atoms with van der Waals surface area (Å²) < 4.78 is 0. The molecule has 0 unspecified atom stereocenters. The third-order valence-electron chi connectivity index (χ3n) is 0. The van der Waals surface area contributed by atoms with Crippen LogP contribution in [0.25, 0.3) is 0 Å². The maximum absolute atomic E-state index is 0. The van der Waals surface area contributed by atoms with Gasteiger partial charge in [-0.2, -0.15) is 0 Å². The Morgan fingerprint density at radius 2 is 1.17 bits per heavy atom. The van der Waals surface area contributed by atoms with Crippen LogP contribution in [0, 0.1) is 0 Å². The molecule has 0 saturated heterocycles. The van der Waals surface area contributed by atoms with Gasteiger partial charge in [0.2, 0.25) is 0 Å². The van der Waals surface area contributed by atoms with Crippen LogP contribution in [0.4, 0.5) is 0 Å². The van der Waals surface area contributed by atoms with Crippen LogP contribution in [0.1, 0.15) is 2.85 Å². The van der Waals surface area contributed by atoms with E-state index in [0.717, 1.165) is 0 Å². The Labute approximate surface area is 113 Å². The maximum atomic E-state index is 0. The second kappa shape index (κ2) is 39.4. The van der Waals surface area contributed by atoms with Crippen molar-refractivity contribution in [3.05, 3.63) is 0 Å². The first kappa shape index (κ1) is 56.7. The monoisotopic (exact) mass is 286 g/mol. The van der Waals surface area contributed by atoms with E-state index in [9.17, 15) is 0 Å². The fourth-order valence-corrected chi connectivity index (χ4v) is 0. The predicted molar refractivity (Wildman–Crippen MR) is 29.3 cm³/mol. The number of hydrogen-bond donors (Lipinski definition) is 0. The molecule has 0 fully saturated rings. The van der Waals surface area contributed by atoms with Gasteiger partial charge in [0.05, 0.1) is 0 Å². The Morgan fingerprint density at radius 1 is 1.17 bits per heavy atom. The summed E-state index contributed by atoms with van der Waals surface area (Å²) in [5, 5.41) is 0. The summed E-state index contributed by atoms with van der Waals surface area (Å²) in [6, 6.07) is 0. The van der Waals surface area contributed by atoms with Crippen molar-refractivity contribution in [3.63, 3.8) is 0 Å². The minimum Gasteiger partial charge on any atom is -1.00 e. The third-order valence-corrected chi connectivity index (χ3v) is 0. The topological polar surface area (TPSA) is 0 Å². The molecule has 0 aliphatic rings. The smallest absolute Gasteiger partial charge is 1.00 e. The van der Waals surface area contributed by atoms with Crippen molar-refractivity contribution >= 4 is 51.4 Å². The molecule has 6 heteroatoms. The largest absolute Gasteiger partial charge is 2.00 e. The van der Waals surface area contributed by atoms with E-state index in [4.69, 9.17) is 0 Å². The first-order valence-electron chi connectivity index (χ1n) is 0. The molecule has 36 valence electrons. The molecule has 0 nitrogen and oxygen atoms in total. The van der Waals surface area contributed by atoms with E-state index in [2.05, 4.69) is 0 Å². The zero-order chi connectivity index (χ0) is 0. The Kier molecular flexibility index (Phi) is 372. The van der Waals surface area contributed by atoms with Crippen LogP contribution in [-0.2, 0) is 60.6 Å². The first-order valence-corrected chi connectivity index (χ1v) is 0. The van der Waals surface area contributed by atoms with E-state index in [-0.39, 0.29) is 115 Å². The molecule has 0 aromatic carbocycles. The SMILES string of the molecule is [AlH3].[Cr].[Fe].[H-].[H-].[Mg+2].[SiH4].[Zr]. The Hall–Kier alpha value is 3.45. The molecule has 0 amide bonds. The molecule has 0 bridgehead atoms. The van der Waals surface area contributed by atoms with Gasteiger partial charge in [0, 0.05) is 60.6 Å². The molecule has 0 aromatic rings. The van der Waals surface area contributed by atoms with Gasteiger partial charge in [-0.05, 0) is 11.0 Å². The fraction of sp³-hybridized carbons (Fsp3) is 0. The molecule has 0 aliphatic heterocycles. The van der Waals surface area contributed by atoms with Gasteiger partial charge < -0.3 is 2.85 Å². The van der Waals surface area contributed by atoms with Crippen molar-refractivity contribution in [1.82, 2.24) is 0 Å². The standard InChI is InChI=1S/Al.Cr.Fe.Mg.H4Si.Zr.5H/h;;;;1H4;;;;;;/q;;;+2;;;;;;2*-1. The molecule has 0 aliphatic carbocycles. The molecule has 0 N–H and O–H groups in total. The Balaban J connectivity index is 0. The van der Waals surface area contributed by atoms with Crippen molar-refractivity contribution < 1.29 is 63.5 Å². The summed E-state index contributed by atoms with van der Waals surface area (Å²) in [5.41, 5.74) is 0. The second-order valence-corrected chi connectivity index (χ2v) is 0. The van der Waals surface area contributed by atoms with E-state index < -0.39 is 0 Å². The number of rotatable bonds is 0. The van der Waals surface area contributed by atoms with Crippen LogP contribution in [0.3, 0.4) is 0 Å². The van der Waals surface area contributed by atoms with E-state index in [1.54, 1.807) is 0 Å². The normalized spacial score (nSPS) is 0. The van der Waals surface area contributed by atoms with E-state index in [1.165, 1.54) is 0 Å². The molecule has 0 aromatic heterocycles. The fourth-order valence-electron chi connectivity index (χ4n) is 0. The minimum atomic E-state index is 0. The van der Waals surface area contributed by atoms with Gasteiger partial charge in [0.25, 0.3) is 0 Å². The molecule has 0 spiro atoms. The van der Waals surface area contributed by atoms with E-state index in [0.29, 0.717) is 0 Å². The molecule has 0 radical (unpaired) electrons. The van der Waals surface area contributed by atoms with Gasteiger partial charge in [0.15, 0.2) is 17.4 Å². The van der Waals surface area contributed by atoms with Crippen LogP contribution in [0.15, 0.2) is 0 Å². The van der Waals surface area contributed by atoms with Crippen molar-refractivity contribution in [3.8, 4) is 0 Å². The third kappa shape index (κ3) is 26.0. The Bertz CT molecular complexity index is 22.0. The summed E-state index contributed by atoms with van der Waals surface area (Å²) >= 11 is 0. The molecule has 0 atom stereocenters. The summed E-state index contributed by atoms with van der Waals surface area (Å²) in [4.78, 5) is 0. The average Bonchev–Trinajstić information content (AvgIpc) is 0. The maximum Gasteiger partial charge on any atom is 2.00 e. The zero-order valence-electron chi connectivity index (χ0n) is 3.97. The van der Waals surface area contributed by atoms with Gasteiger partial charge >= 0.3 is 23.1 Å². The van der Waals surface area contributed by atoms with Crippen molar-refractivity contribution in [1.29, 1.82) is 0 Å². The Morgan fingerprint density at radius 3 is 1.17 bits per heavy atom. The van der Waals surface area contributed by atoms with Gasteiger partial charge in [-0.25, -0.2) is 0 Å². The zero-order valence-corrected chi connectivity index (χ0v) is 8.22. The van der Waals surface area contributed by atoms with Crippen LogP contribution >= 0.6 is 0 Å². The van der Waals surface area contributed by atoms with Crippen LogP contribution < -0.4 is 0 Å². The molecule has 0 rings (SSSR count). The molecule has 0 saturated carbocycles. The van der Waals surface area contributed by atoms with E-state index in [1.807, 2.05) is 0 Å². The quantitative estimate of drug-likeness (QED) is 0.422. The van der Waals surface area contributed by atoms with Gasteiger partial charge in [-0.1, -0.05) is 0 Å². The van der Waals surface area contributed by atoms with Crippen molar-refractivity contribution in [2.24, 2.45) is 0 Å². The van der Waals surface area contributed by atoms with Crippen molar-refractivity contribution in [2.75, 3.05) is 0 Å². The van der Waals surface area contributed by atoms with Crippen LogP contribution in [-0.4, -0.2) is 51.4 Å². The van der Waals surface area contributed by atoms with Crippen LogP contribution in [0.5, 0.6) is 0 Å². The summed E-state index contributed by atoms with van der Waals surface area (Å²) in [6.07, 6.45) is 0. The first-order chi connectivity index (χ1) is 0. The molecular weight excluding hydrogens is 278 g/mol. The average molecular weight is 288 g/mol. The van der Waals surface area contributed by atoms with Crippen molar-refractivity contribution in [2.45, 2.75) is 0 Å². The van der Waals surface area contributed by atoms with Gasteiger partial charge in [0.1, 0.15) is 0 Å². The predicted octanol–water partition coefficient (Wildman–Crippen LogP) is -2.80. The second-order valence-electron chi connectivity index (χ2n) is 0. The van der Waals surface area contributed by atoms with Crippen LogP contribution in [0.2, 0.25) is 0 Å². The van der Waals surface area contributed by atoms with Gasteiger partial charge in [-0.15, -0.1) is 0 Å². The minimum absolute atomic E-state index is 0. The summed E-state index contributed by atoms with van der Waals surface area (Å²) in [6.45, 7) is 0. The summed E-state index contributed by atoms with van der Waals surface area (Å²) in [5.74, 6) is 0.